The molecule has 0 fully saturated rings. The molecule has 0 aliphatic heterocycles. The van der Waals surface area contributed by atoms with Crippen molar-refractivity contribution in [1.29, 1.82) is 0 Å². The van der Waals surface area contributed by atoms with E-state index in [0.29, 0.717) is 0 Å². The van der Waals surface area contributed by atoms with Crippen LogP contribution >= 0.6 is 0 Å². The van der Waals surface area contributed by atoms with Crippen molar-refractivity contribution in [2.45, 2.75) is 42.8 Å². The van der Waals surface area contributed by atoms with E-state index in [1.54, 1.807) is 6.07 Å². The molecule has 1 aromatic rings. The number of carboxylic acids is 1. The molecule has 0 spiro atoms. The second kappa shape index (κ2) is 4.72. The third kappa shape index (κ3) is 2.27. The van der Waals surface area contributed by atoms with E-state index in [4.69, 9.17) is 5.11 Å². The van der Waals surface area contributed by atoms with Crippen LogP contribution in [0.25, 0.3) is 0 Å². The average molecular weight is 268 g/mol. The number of rotatable bonds is 3. The van der Waals surface area contributed by atoms with Gasteiger partial charge in [0.1, 0.15) is 0 Å². The SMILES string of the molecule is CC(C(=O)O)S(=O)(=O)c1ccc2c(c1)CCCC2. The molecule has 1 aromatic carbocycles. The van der Waals surface area contributed by atoms with Gasteiger partial charge < -0.3 is 5.11 Å². The monoisotopic (exact) mass is 268 g/mol. The van der Waals surface area contributed by atoms with Crippen molar-refractivity contribution in [3.63, 3.8) is 0 Å². The molecule has 2 rings (SSSR count). The molecule has 1 aliphatic rings. The molecule has 1 aliphatic carbocycles. The number of fused-ring (bicyclic) bond motifs is 1. The number of aryl methyl sites for hydroxylation is 2. The molecule has 98 valence electrons. The first-order valence-electron chi connectivity index (χ1n) is 6.01. The first kappa shape index (κ1) is 13.1. The van der Waals surface area contributed by atoms with Crippen molar-refractivity contribution >= 4 is 15.8 Å². The summed E-state index contributed by atoms with van der Waals surface area (Å²) in [6, 6.07) is 4.98. The van der Waals surface area contributed by atoms with Crippen LogP contribution in [0, 0.1) is 0 Å². The molecule has 18 heavy (non-hydrogen) atoms. The predicted molar refractivity (Wildman–Crippen MR) is 67.4 cm³/mol. The van der Waals surface area contributed by atoms with Gasteiger partial charge in [-0.2, -0.15) is 0 Å². The van der Waals surface area contributed by atoms with E-state index in [2.05, 4.69) is 0 Å². The average Bonchev–Trinajstić information content (AvgIpc) is 2.37. The van der Waals surface area contributed by atoms with Crippen molar-refractivity contribution < 1.29 is 18.3 Å². The van der Waals surface area contributed by atoms with Crippen LogP contribution in [-0.2, 0) is 27.5 Å². The van der Waals surface area contributed by atoms with E-state index in [0.717, 1.165) is 31.2 Å². The van der Waals surface area contributed by atoms with E-state index in [-0.39, 0.29) is 4.90 Å². The van der Waals surface area contributed by atoms with Crippen LogP contribution in [-0.4, -0.2) is 24.7 Å². The highest BCUT2D eigenvalue weighted by Gasteiger charge is 2.30. The van der Waals surface area contributed by atoms with Crippen LogP contribution in [0.5, 0.6) is 0 Å². The number of carbonyl (C=O) groups is 1. The zero-order chi connectivity index (χ0) is 13.3. The van der Waals surface area contributed by atoms with Gasteiger partial charge >= 0.3 is 5.97 Å². The Morgan fingerprint density at radius 1 is 1.22 bits per heavy atom. The lowest BCUT2D eigenvalue weighted by atomic mass is 9.92. The number of benzene rings is 1. The summed E-state index contributed by atoms with van der Waals surface area (Å²) in [6.07, 6.45) is 4.04. The van der Waals surface area contributed by atoms with Crippen molar-refractivity contribution in [2.75, 3.05) is 0 Å². The number of sulfone groups is 1. The van der Waals surface area contributed by atoms with Gasteiger partial charge in [0.2, 0.25) is 0 Å². The number of hydrogen-bond acceptors (Lipinski definition) is 3. The molecule has 5 heteroatoms. The fourth-order valence-corrected chi connectivity index (χ4v) is 3.46. The van der Waals surface area contributed by atoms with E-state index < -0.39 is 21.1 Å². The standard InChI is InChI=1S/C13H16O4S/c1-9(13(14)15)18(16,17)12-7-6-10-4-2-3-5-11(10)8-12/h6-9H,2-5H2,1H3,(H,14,15). The van der Waals surface area contributed by atoms with Crippen LogP contribution in [0.3, 0.4) is 0 Å². The normalized spacial score (nSPS) is 16.9. The van der Waals surface area contributed by atoms with E-state index in [9.17, 15) is 13.2 Å². The summed E-state index contributed by atoms with van der Waals surface area (Å²) >= 11 is 0. The number of carboxylic acid groups (broad SMARTS) is 1. The molecule has 0 amide bonds. The van der Waals surface area contributed by atoms with E-state index in [1.165, 1.54) is 18.6 Å². The Hall–Kier alpha value is -1.36. The van der Waals surface area contributed by atoms with Crippen LogP contribution < -0.4 is 0 Å². The van der Waals surface area contributed by atoms with Gasteiger partial charge in [0.15, 0.2) is 15.1 Å². The Morgan fingerprint density at radius 3 is 2.44 bits per heavy atom. The lowest BCUT2D eigenvalue weighted by Gasteiger charge is -2.17. The highest BCUT2D eigenvalue weighted by molar-refractivity contribution is 7.92. The third-order valence-corrected chi connectivity index (χ3v) is 5.51. The zero-order valence-electron chi connectivity index (χ0n) is 10.2. The Bertz CT molecular complexity index is 575. The van der Waals surface area contributed by atoms with Crippen LogP contribution in [0.4, 0.5) is 0 Å². The van der Waals surface area contributed by atoms with E-state index in [1.807, 2.05) is 6.07 Å². The van der Waals surface area contributed by atoms with Gasteiger partial charge in [0.25, 0.3) is 0 Å². The topological polar surface area (TPSA) is 71.4 Å². The fourth-order valence-electron chi connectivity index (χ4n) is 2.22. The summed E-state index contributed by atoms with van der Waals surface area (Å²) in [7, 11) is -3.77. The molecular weight excluding hydrogens is 252 g/mol. The maximum absolute atomic E-state index is 12.1. The molecule has 1 unspecified atom stereocenters. The molecule has 0 aromatic heterocycles. The zero-order valence-corrected chi connectivity index (χ0v) is 11.0. The van der Waals surface area contributed by atoms with Crippen LogP contribution in [0.2, 0.25) is 0 Å². The minimum atomic E-state index is -3.77. The second-order valence-electron chi connectivity index (χ2n) is 4.66. The lowest BCUT2D eigenvalue weighted by Crippen LogP contribution is -2.27. The molecule has 0 heterocycles. The summed E-state index contributed by atoms with van der Waals surface area (Å²) in [6.45, 7) is 1.21. The minimum absolute atomic E-state index is 0.123. The number of aliphatic carboxylic acids is 1. The van der Waals surface area contributed by atoms with Gasteiger partial charge in [-0.15, -0.1) is 0 Å². The van der Waals surface area contributed by atoms with Gasteiger partial charge in [0, 0.05) is 0 Å². The molecule has 0 saturated heterocycles. The van der Waals surface area contributed by atoms with Gasteiger partial charge in [0.05, 0.1) is 4.90 Å². The summed E-state index contributed by atoms with van der Waals surface area (Å²) < 4.78 is 24.2. The highest BCUT2D eigenvalue weighted by atomic mass is 32.2. The van der Waals surface area contributed by atoms with E-state index >= 15 is 0 Å². The van der Waals surface area contributed by atoms with Crippen molar-refractivity contribution in [3.05, 3.63) is 29.3 Å². The Balaban J connectivity index is 2.43. The van der Waals surface area contributed by atoms with Crippen molar-refractivity contribution in [1.82, 2.24) is 0 Å². The lowest BCUT2D eigenvalue weighted by molar-refractivity contribution is -0.136. The van der Waals surface area contributed by atoms with Gasteiger partial charge in [-0.1, -0.05) is 6.07 Å². The molecule has 4 nitrogen and oxygen atoms in total. The predicted octanol–water partition coefficient (Wildman–Crippen LogP) is 1.81. The molecule has 1 N–H and O–H groups in total. The summed E-state index contributed by atoms with van der Waals surface area (Å²) in [5.74, 6) is -1.31. The number of hydrogen-bond donors (Lipinski definition) is 1. The molecular formula is C13H16O4S. The van der Waals surface area contributed by atoms with Crippen LogP contribution in [0.1, 0.15) is 30.9 Å². The van der Waals surface area contributed by atoms with Gasteiger partial charge in [-0.25, -0.2) is 8.42 Å². The second-order valence-corrected chi connectivity index (χ2v) is 6.93. The first-order valence-corrected chi connectivity index (χ1v) is 7.56. The van der Waals surface area contributed by atoms with Crippen LogP contribution in [0.15, 0.2) is 23.1 Å². The largest absolute Gasteiger partial charge is 0.480 e. The molecule has 0 saturated carbocycles. The van der Waals surface area contributed by atoms with Gasteiger partial charge in [-0.05, 0) is 55.9 Å². The smallest absolute Gasteiger partial charge is 0.321 e. The Kier molecular flexibility index (Phi) is 3.43. The maximum atomic E-state index is 12.1. The summed E-state index contributed by atoms with van der Waals surface area (Å²) in [5.41, 5.74) is 2.23. The van der Waals surface area contributed by atoms with Crippen molar-refractivity contribution in [3.8, 4) is 0 Å². The summed E-state index contributed by atoms with van der Waals surface area (Å²) in [5, 5.41) is 7.43. The molecule has 0 radical (unpaired) electrons. The van der Waals surface area contributed by atoms with Gasteiger partial charge in [-0.3, -0.25) is 4.79 Å². The summed E-state index contributed by atoms with van der Waals surface area (Å²) in [4.78, 5) is 11.0. The van der Waals surface area contributed by atoms with Crippen molar-refractivity contribution in [2.24, 2.45) is 0 Å². The highest BCUT2D eigenvalue weighted by Crippen LogP contribution is 2.25. The quantitative estimate of drug-likeness (QED) is 0.907. The third-order valence-electron chi connectivity index (χ3n) is 3.46. The Labute approximate surface area is 107 Å². The first-order chi connectivity index (χ1) is 8.43. The fraction of sp³-hybridized carbons (Fsp3) is 0.462. The molecule has 0 bridgehead atoms. The maximum Gasteiger partial charge on any atom is 0.321 e. The minimum Gasteiger partial charge on any atom is -0.480 e. The molecule has 1 atom stereocenters. The Morgan fingerprint density at radius 2 is 1.83 bits per heavy atom.